The normalized spacial score (nSPS) is 18.6. The van der Waals surface area contributed by atoms with Crippen LogP contribution >= 0.6 is 0 Å². The van der Waals surface area contributed by atoms with Crippen LogP contribution in [0.25, 0.3) is 0 Å². The van der Waals surface area contributed by atoms with Gasteiger partial charge in [-0.2, -0.15) is 4.98 Å². The van der Waals surface area contributed by atoms with Gasteiger partial charge in [-0.15, -0.1) is 0 Å². The number of benzene rings is 1. The molecule has 1 saturated heterocycles. The Morgan fingerprint density at radius 1 is 1.30 bits per heavy atom. The maximum absolute atomic E-state index is 12.8. The average Bonchev–Trinajstić information content (AvgIpc) is 3.10. The summed E-state index contributed by atoms with van der Waals surface area (Å²) < 4.78 is 18.1. The van der Waals surface area contributed by atoms with E-state index in [9.17, 15) is 4.39 Å². The van der Waals surface area contributed by atoms with Gasteiger partial charge in [-0.3, -0.25) is 0 Å². The van der Waals surface area contributed by atoms with Crippen LogP contribution in [0.2, 0.25) is 0 Å². The lowest BCUT2D eigenvalue weighted by Crippen LogP contribution is -2.09. The molecule has 1 aromatic carbocycles. The molecule has 3 rings (SSSR count). The number of aromatic nitrogens is 2. The molecule has 1 fully saturated rings. The van der Waals surface area contributed by atoms with Crippen LogP contribution in [-0.4, -0.2) is 23.2 Å². The van der Waals surface area contributed by atoms with Crippen LogP contribution in [0.1, 0.15) is 30.1 Å². The maximum Gasteiger partial charge on any atom is 0.226 e. The van der Waals surface area contributed by atoms with Crippen LogP contribution in [0.5, 0.6) is 0 Å². The van der Waals surface area contributed by atoms with Crippen molar-refractivity contribution in [2.75, 3.05) is 13.1 Å². The van der Waals surface area contributed by atoms with Crippen LogP contribution in [0.15, 0.2) is 28.8 Å². The van der Waals surface area contributed by atoms with Crippen molar-refractivity contribution in [3.05, 3.63) is 47.4 Å². The molecule has 0 bridgehead atoms. The zero-order valence-electron chi connectivity index (χ0n) is 11.3. The molecular weight excluding hydrogens is 257 g/mol. The summed E-state index contributed by atoms with van der Waals surface area (Å²) in [6.07, 6.45) is 3.74. The van der Waals surface area contributed by atoms with Crippen LogP contribution in [0.3, 0.4) is 0 Å². The highest BCUT2D eigenvalue weighted by atomic mass is 19.1. The summed E-state index contributed by atoms with van der Waals surface area (Å²) in [4.78, 5) is 4.40. The Kier molecular flexibility index (Phi) is 4.06. The first-order valence-electron chi connectivity index (χ1n) is 7.06. The second-order valence-electron chi connectivity index (χ2n) is 5.31. The fourth-order valence-electron chi connectivity index (χ4n) is 2.54. The Balaban J connectivity index is 1.54. The van der Waals surface area contributed by atoms with Gasteiger partial charge in [0.25, 0.3) is 0 Å². The summed E-state index contributed by atoms with van der Waals surface area (Å²) in [5.74, 6) is 1.86. The number of hydrogen-bond donors (Lipinski definition) is 1. The number of aryl methyl sites for hydroxylation is 1. The van der Waals surface area contributed by atoms with Gasteiger partial charge in [0.05, 0.1) is 0 Å². The standard InChI is InChI=1S/C15H18FN3O/c16-13-4-1-11(2-5-13)9-14-18-15(20-19-14)6-3-12-7-8-17-10-12/h1-2,4-5,12,17H,3,6-10H2. The Morgan fingerprint density at radius 2 is 2.15 bits per heavy atom. The van der Waals surface area contributed by atoms with Crippen LogP contribution < -0.4 is 5.32 Å². The monoisotopic (exact) mass is 275 g/mol. The minimum atomic E-state index is -0.229. The van der Waals surface area contributed by atoms with Gasteiger partial charge >= 0.3 is 0 Å². The van der Waals surface area contributed by atoms with E-state index in [4.69, 9.17) is 4.52 Å². The van der Waals surface area contributed by atoms with Gasteiger partial charge in [0, 0.05) is 12.8 Å². The highest BCUT2D eigenvalue weighted by Crippen LogP contribution is 2.15. The molecule has 0 saturated carbocycles. The second-order valence-corrected chi connectivity index (χ2v) is 5.31. The van der Waals surface area contributed by atoms with E-state index in [2.05, 4.69) is 15.5 Å². The molecule has 106 valence electrons. The largest absolute Gasteiger partial charge is 0.339 e. The predicted molar refractivity (Wildman–Crippen MR) is 72.8 cm³/mol. The SMILES string of the molecule is Fc1ccc(Cc2noc(CCC3CCNC3)n2)cc1. The van der Waals surface area contributed by atoms with Crippen molar-refractivity contribution >= 4 is 0 Å². The van der Waals surface area contributed by atoms with Crippen molar-refractivity contribution in [2.45, 2.75) is 25.7 Å². The summed E-state index contributed by atoms with van der Waals surface area (Å²) in [6, 6.07) is 6.39. The van der Waals surface area contributed by atoms with Gasteiger partial charge in [0.1, 0.15) is 5.82 Å². The number of hydrogen-bond acceptors (Lipinski definition) is 4. The van der Waals surface area contributed by atoms with Crippen LogP contribution in [0, 0.1) is 11.7 Å². The Bertz CT molecular complexity index is 547. The quantitative estimate of drug-likeness (QED) is 0.910. The molecule has 1 unspecified atom stereocenters. The summed E-state index contributed by atoms with van der Waals surface area (Å²) in [5.41, 5.74) is 0.985. The lowest BCUT2D eigenvalue weighted by Gasteiger charge is -2.03. The molecule has 1 aliphatic rings. The Morgan fingerprint density at radius 3 is 2.90 bits per heavy atom. The van der Waals surface area contributed by atoms with Crippen molar-refractivity contribution in [3.63, 3.8) is 0 Å². The first kappa shape index (κ1) is 13.2. The van der Waals surface area contributed by atoms with Gasteiger partial charge < -0.3 is 9.84 Å². The highest BCUT2D eigenvalue weighted by Gasteiger charge is 2.16. The molecule has 1 aromatic heterocycles. The number of rotatable bonds is 5. The molecule has 1 atom stereocenters. The number of nitrogens with zero attached hydrogens (tertiary/aromatic N) is 2. The fourth-order valence-corrected chi connectivity index (χ4v) is 2.54. The van der Waals surface area contributed by atoms with Gasteiger partial charge in [-0.1, -0.05) is 17.3 Å². The molecule has 2 aromatic rings. The molecule has 0 spiro atoms. The third-order valence-corrected chi connectivity index (χ3v) is 3.71. The smallest absolute Gasteiger partial charge is 0.226 e. The summed E-state index contributed by atoms with van der Waals surface area (Å²) >= 11 is 0. The summed E-state index contributed by atoms with van der Waals surface area (Å²) in [6.45, 7) is 2.21. The first-order chi connectivity index (χ1) is 9.79. The molecule has 1 N–H and O–H groups in total. The van der Waals surface area contributed by atoms with E-state index in [1.165, 1.54) is 18.6 Å². The molecule has 2 heterocycles. The molecule has 4 nitrogen and oxygen atoms in total. The van der Waals surface area contributed by atoms with Crippen molar-refractivity contribution in [1.82, 2.24) is 15.5 Å². The molecule has 20 heavy (non-hydrogen) atoms. The van der Waals surface area contributed by atoms with E-state index in [0.29, 0.717) is 18.1 Å². The minimum Gasteiger partial charge on any atom is -0.339 e. The van der Waals surface area contributed by atoms with E-state index in [1.807, 2.05) is 0 Å². The van der Waals surface area contributed by atoms with Gasteiger partial charge in [0.15, 0.2) is 5.82 Å². The topological polar surface area (TPSA) is 51.0 Å². The Hall–Kier alpha value is -1.75. The van der Waals surface area contributed by atoms with Gasteiger partial charge in [-0.25, -0.2) is 4.39 Å². The lowest BCUT2D eigenvalue weighted by atomic mass is 10.0. The third-order valence-electron chi connectivity index (χ3n) is 3.71. The van der Waals surface area contributed by atoms with E-state index >= 15 is 0 Å². The molecule has 0 amide bonds. The van der Waals surface area contributed by atoms with E-state index in [-0.39, 0.29) is 5.82 Å². The van der Waals surface area contributed by atoms with E-state index in [1.54, 1.807) is 12.1 Å². The van der Waals surface area contributed by atoms with Gasteiger partial charge in [0.2, 0.25) is 5.89 Å². The van der Waals surface area contributed by atoms with Crippen molar-refractivity contribution < 1.29 is 8.91 Å². The highest BCUT2D eigenvalue weighted by molar-refractivity contribution is 5.19. The zero-order chi connectivity index (χ0) is 13.8. The molecule has 0 aliphatic carbocycles. The van der Waals surface area contributed by atoms with Crippen LogP contribution in [0.4, 0.5) is 4.39 Å². The summed E-state index contributed by atoms with van der Waals surface area (Å²) in [7, 11) is 0. The van der Waals surface area contributed by atoms with Crippen molar-refractivity contribution in [3.8, 4) is 0 Å². The number of halogens is 1. The Labute approximate surface area is 117 Å². The van der Waals surface area contributed by atoms with Crippen molar-refractivity contribution in [2.24, 2.45) is 5.92 Å². The maximum atomic E-state index is 12.8. The molecule has 1 aliphatic heterocycles. The average molecular weight is 275 g/mol. The number of nitrogens with one attached hydrogen (secondary N) is 1. The zero-order valence-corrected chi connectivity index (χ0v) is 11.3. The second kappa shape index (κ2) is 6.13. The first-order valence-corrected chi connectivity index (χ1v) is 7.06. The minimum absolute atomic E-state index is 0.229. The molecule has 5 heteroatoms. The van der Waals surface area contributed by atoms with E-state index < -0.39 is 0 Å². The lowest BCUT2D eigenvalue weighted by molar-refractivity contribution is 0.361. The van der Waals surface area contributed by atoms with Crippen molar-refractivity contribution in [1.29, 1.82) is 0 Å². The predicted octanol–water partition coefficient (Wildman–Crippen LogP) is 2.34. The summed E-state index contributed by atoms with van der Waals surface area (Å²) in [5, 5.41) is 7.34. The molecular formula is C15H18FN3O. The molecule has 0 radical (unpaired) electrons. The van der Waals surface area contributed by atoms with Crippen LogP contribution in [-0.2, 0) is 12.8 Å². The fraction of sp³-hybridized carbons (Fsp3) is 0.467. The van der Waals surface area contributed by atoms with Gasteiger partial charge in [-0.05, 0) is 49.5 Å². The third kappa shape index (κ3) is 3.42. The van der Waals surface area contributed by atoms with E-state index in [0.717, 1.165) is 37.4 Å².